The monoisotopic (exact) mass is 299 g/mol. The van der Waals surface area contributed by atoms with Crippen LogP contribution in [0, 0.1) is 6.92 Å². The molecule has 0 radical (unpaired) electrons. The molecule has 0 aliphatic rings. The zero-order valence-electron chi connectivity index (χ0n) is 10.6. The highest BCUT2D eigenvalue weighted by molar-refractivity contribution is 9.10. The molecule has 0 heterocycles. The number of amides is 1. The molecule has 1 amide bonds. The first-order valence-electron chi connectivity index (χ1n) is 5.58. The van der Waals surface area contributed by atoms with Crippen molar-refractivity contribution in [3.63, 3.8) is 0 Å². The molecule has 0 aliphatic heterocycles. The van der Waals surface area contributed by atoms with E-state index in [9.17, 15) is 4.79 Å². The predicted octanol–water partition coefficient (Wildman–Crippen LogP) is 3.51. The Balaban J connectivity index is 2.83. The molecule has 0 unspecified atom stereocenters. The lowest BCUT2D eigenvalue weighted by molar-refractivity contribution is -0.117. The van der Waals surface area contributed by atoms with Crippen LogP contribution < -0.4 is 10.1 Å². The van der Waals surface area contributed by atoms with Gasteiger partial charge in [0.15, 0.2) is 0 Å². The minimum atomic E-state index is -0.571. The van der Waals surface area contributed by atoms with Crippen LogP contribution in [0.2, 0.25) is 0 Å². The van der Waals surface area contributed by atoms with Gasteiger partial charge in [0.05, 0.1) is 10.9 Å². The topological polar surface area (TPSA) is 38.3 Å². The Kier molecular flexibility index (Phi) is 4.57. The second kappa shape index (κ2) is 5.54. The van der Waals surface area contributed by atoms with Crippen molar-refractivity contribution in [1.82, 2.24) is 0 Å². The Morgan fingerprint density at radius 3 is 2.59 bits per heavy atom. The van der Waals surface area contributed by atoms with Gasteiger partial charge >= 0.3 is 0 Å². The Labute approximate surface area is 111 Å². The lowest BCUT2D eigenvalue weighted by Crippen LogP contribution is -2.31. The fourth-order valence-electron chi connectivity index (χ4n) is 1.30. The molecule has 0 atom stereocenters. The summed E-state index contributed by atoms with van der Waals surface area (Å²) >= 11 is 3.33. The van der Waals surface area contributed by atoms with Gasteiger partial charge in [-0.25, -0.2) is 0 Å². The molecular weight excluding hydrogens is 282 g/mol. The van der Waals surface area contributed by atoms with Gasteiger partial charge < -0.3 is 10.1 Å². The van der Waals surface area contributed by atoms with Crippen molar-refractivity contribution in [3.05, 3.63) is 23.8 Å². The first kappa shape index (κ1) is 14.0. The van der Waals surface area contributed by atoms with Gasteiger partial charge in [-0.15, -0.1) is 0 Å². The van der Waals surface area contributed by atoms with Crippen LogP contribution in [0.15, 0.2) is 18.2 Å². The molecule has 0 fully saturated rings. The summed E-state index contributed by atoms with van der Waals surface area (Å²) in [6.07, 6.45) is 0. The van der Waals surface area contributed by atoms with Crippen molar-refractivity contribution in [2.24, 2.45) is 0 Å². The molecule has 17 heavy (non-hydrogen) atoms. The second-order valence-corrected chi connectivity index (χ2v) is 6.32. The molecule has 0 saturated heterocycles. The molecule has 3 nitrogen and oxygen atoms in total. The van der Waals surface area contributed by atoms with E-state index in [1.807, 2.05) is 45.9 Å². The number of aryl methyl sites for hydroxylation is 1. The number of halogens is 1. The third kappa shape index (κ3) is 4.04. The summed E-state index contributed by atoms with van der Waals surface area (Å²) in [4.78, 5) is 11.8. The molecular formula is C13H18BrNO2. The van der Waals surface area contributed by atoms with Crippen LogP contribution in [0.25, 0.3) is 0 Å². The van der Waals surface area contributed by atoms with Crippen LogP contribution >= 0.6 is 15.9 Å². The van der Waals surface area contributed by atoms with E-state index in [-0.39, 0.29) is 5.91 Å². The van der Waals surface area contributed by atoms with E-state index in [0.29, 0.717) is 6.61 Å². The molecule has 1 N–H and O–H groups in total. The van der Waals surface area contributed by atoms with Crippen molar-refractivity contribution in [3.8, 4) is 5.75 Å². The number of carbonyl (C=O) groups excluding carboxylic acids is 1. The molecule has 0 aliphatic carbocycles. The summed E-state index contributed by atoms with van der Waals surface area (Å²) in [6, 6.07) is 5.63. The third-order valence-corrected chi connectivity index (χ3v) is 2.66. The second-order valence-electron chi connectivity index (χ2n) is 4.34. The first-order valence-corrected chi connectivity index (χ1v) is 6.37. The average Bonchev–Trinajstić information content (AvgIpc) is 2.21. The Hall–Kier alpha value is -1.03. The molecule has 94 valence electrons. The van der Waals surface area contributed by atoms with Crippen molar-refractivity contribution < 1.29 is 9.53 Å². The molecule has 1 rings (SSSR count). The molecule has 0 saturated carbocycles. The van der Waals surface area contributed by atoms with Gasteiger partial charge in [-0.1, -0.05) is 15.9 Å². The number of benzene rings is 1. The number of carbonyl (C=O) groups is 1. The highest BCUT2D eigenvalue weighted by Gasteiger charge is 2.23. The van der Waals surface area contributed by atoms with Crippen molar-refractivity contribution in [2.75, 3.05) is 11.9 Å². The Morgan fingerprint density at radius 2 is 2.12 bits per heavy atom. The Bertz CT molecular complexity index is 410. The van der Waals surface area contributed by atoms with E-state index in [0.717, 1.165) is 17.0 Å². The van der Waals surface area contributed by atoms with Crippen molar-refractivity contribution in [2.45, 2.75) is 32.0 Å². The SMILES string of the molecule is CCOc1ccc(NC(=O)C(C)(C)Br)c(C)c1. The minimum Gasteiger partial charge on any atom is -0.494 e. The van der Waals surface area contributed by atoms with Crippen molar-refractivity contribution >= 4 is 27.5 Å². The number of rotatable bonds is 4. The average molecular weight is 300 g/mol. The lowest BCUT2D eigenvalue weighted by atomic mass is 10.1. The zero-order chi connectivity index (χ0) is 13.1. The number of hydrogen-bond acceptors (Lipinski definition) is 2. The summed E-state index contributed by atoms with van der Waals surface area (Å²) in [5, 5.41) is 2.88. The van der Waals surface area contributed by atoms with Gasteiger partial charge in [0.2, 0.25) is 5.91 Å². The van der Waals surface area contributed by atoms with Gasteiger partial charge in [0.1, 0.15) is 5.75 Å². The van der Waals surface area contributed by atoms with Crippen molar-refractivity contribution in [1.29, 1.82) is 0 Å². The molecule has 1 aromatic rings. The molecule has 0 bridgehead atoms. The van der Waals surface area contributed by atoms with E-state index in [2.05, 4.69) is 21.2 Å². The molecule has 0 aromatic heterocycles. The number of hydrogen-bond donors (Lipinski definition) is 1. The highest BCUT2D eigenvalue weighted by atomic mass is 79.9. The fraction of sp³-hybridized carbons (Fsp3) is 0.462. The third-order valence-electron chi connectivity index (χ3n) is 2.30. The quantitative estimate of drug-likeness (QED) is 0.864. The van der Waals surface area contributed by atoms with Gasteiger partial charge in [-0.05, 0) is 51.5 Å². The normalized spacial score (nSPS) is 11.1. The van der Waals surface area contributed by atoms with Crippen LogP contribution in [0.1, 0.15) is 26.3 Å². The Morgan fingerprint density at radius 1 is 1.47 bits per heavy atom. The molecule has 1 aromatic carbocycles. The van der Waals surface area contributed by atoms with Crippen LogP contribution in [-0.2, 0) is 4.79 Å². The molecule has 4 heteroatoms. The summed E-state index contributed by atoms with van der Waals surface area (Å²) in [5.41, 5.74) is 1.80. The lowest BCUT2D eigenvalue weighted by Gasteiger charge is -2.17. The van der Waals surface area contributed by atoms with Crippen LogP contribution in [-0.4, -0.2) is 16.8 Å². The standard InChI is InChI=1S/C13H18BrNO2/c1-5-17-10-6-7-11(9(2)8-10)15-12(16)13(3,4)14/h6-8H,5H2,1-4H3,(H,15,16). The predicted molar refractivity (Wildman–Crippen MR) is 74.0 cm³/mol. The summed E-state index contributed by atoms with van der Waals surface area (Å²) in [5.74, 6) is 0.755. The largest absolute Gasteiger partial charge is 0.494 e. The van der Waals surface area contributed by atoms with E-state index in [4.69, 9.17) is 4.74 Å². The molecule has 0 spiro atoms. The highest BCUT2D eigenvalue weighted by Crippen LogP contribution is 2.24. The summed E-state index contributed by atoms with van der Waals surface area (Å²) in [7, 11) is 0. The number of alkyl halides is 1. The minimum absolute atomic E-state index is 0.0650. The fourth-order valence-corrected chi connectivity index (χ4v) is 1.40. The number of ether oxygens (including phenoxy) is 1. The van der Waals surface area contributed by atoms with Gasteiger partial charge in [-0.2, -0.15) is 0 Å². The maximum absolute atomic E-state index is 11.8. The van der Waals surface area contributed by atoms with E-state index < -0.39 is 4.32 Å². The summed E-state index contributed by atoms with van der Waals surface area (Å²) < 4.78 is 4.82. The van der Waals surface area contributed by atoms with Gasteiger partial charge in [0.25, 0.3) is 0 Å². The van der Waals surface area contributed by atoms with Crippen LogP contribution in [0.4, 0.5) is 5.69 Å². The van der Waals surface area contributed by atoms with Crippen LogP contribution in [0.5, 0.6) is 5.75 Å². The van der Waals surface area contributed by atoms with E-state index in [1.54, 1.807) is 0 Å². The van der Waals surface area contributed by atoms with Gasteiger partial charge in [0, 0.05) is 5.69 Å². The van der Waals surface area contributed by atoms with E-state index in [1.165, 1.54) is 0 Å². The zero-order valence-corrected chi connectivity index (χ0v) is 12.2. The number of anilines is 1. The van der Waals surface area contributed by atoms with Crippen LogP contribution in [0.3, 0.4) is 0 Å². The number of nitrogens with one attached hydrogen (secondary N) is 1. The summed E-state index contributed by atoms with van der Waals surface area (Å²) in [6.45, 7) is 8.15. The van der Waals surface area contributed by atoms with E-state index >= 15 is 0 Å². The maximum Gasteiger partial charge on any atom is 0.240 e. The maximum atomic E-state index is 11.8. The smallest absolute Gasteiger partial charge is 0.240 e. The van der Waals surface area contributed by atoms with Gasteiger partial charge in [-0.3, -0.25) is 4.79 Å². The first-order chi connectivity index (χ1) is 7.84.